The van der Waals surface area contributed by atoms with E-state index in [9.17, 15) is 0 Å². The number of hydrogen-bond acceptors (Lipinski definition) is 2. The van der Waals surface area contributed by atoms with Crippen LogP contribution in [0.25, 0.3) is 0 Å². The van der Waals surface area contributed by atoms with Crippen molar-refractivity contribution >= 4 is 0 Å². The highest BCUT2D eigenvalue weighted by Crippen LogP contribution is 2.13. The SMILES string of the molecule is CCC(CN)N1CCCCCCC1. The largest absolute Gasteiger partial charge is 0.329 e. The molecule has 2 nitrogen and oxygen atoms in total. The summed E-state index contributed by atoms with van der Waals surface area (Å²) >= 11 is 0. The van der Waals surface area contributed by atoms with Crippen LogP contribution in [0.1, 0.15) is 45.4 Å². The molecule has 13 heavy (non-hydrogen) atoms. The van der Waals surface area contributed by atoms with Gasteiger partial charge < -0.3 is 5.73 Å². The fourth-order valence-electron chi connectivity index (χ4n) is 2.21. The zero-order valence-corrected chi connectivity index (χ0v) is 8.97. The van der Waals surface area contributed by atoms with Crippen molar-refractivity contribution in [2.75, 3.05) is 19.6 Å². The normalized spacial score (nSPS) is 23.5. The van der Waals surface area contributed by atoms with Crippen LogP contribution in [-0.2, 0) is 0 Å². The average Bonchev–Trinajstić information content (AvgIpc) is 2.09. The van der Waals surface area contributed by atoms with Crippen LogP contribution in [-0.4, -0.2) is 30.6 Å². The Morgan fingerprint density at radius 1 is 1.08 bits per heavy atom. The van der Waals surface area contributed by atoms with Crippen molar-refractivity contribution in [3.63, 3.8) is 0 Å². The lowest BCUT2D eigenvalue weighted by Gasteiger charge is -2.31. The summed E-state index contributed by atoms with van der Waals surface area (Å²) in [5, 5.41) is 0. The minimum atomic E-state index is 0.637. The van der Waals surface area contributed by atoms with Crippen LogP contribution in [0.15, 0.2) is 0 Å². The highest BCUT2D eigenvalue weighted by molar-refractivity contribution is 4.72. The van der Waals surface area contributed by atoms with E-state index >= 15 is 0 Å². The van der Waals surface area contributed by atoms with Crippen molar-refractivity contribution in [2.24, 2.45) is 5.73 Å². The molecule has 78 valence electrons. The van der Waals surface area contributed by atoms with E-state index in [2.05, 4.69) is 11.8 Å². The van der Waals surface area contributed by atoms with Crippen LogP contribution in [0.3, 0.4) is 0 Å². The third-order valence-electron chi connectivity index (χ3n) is 3.15. The molecule has 0 spiro atoms. The van der Waals surface area contributed by atoms with Crippen molar-refractivity contribution in [1.29, 1.82) is 0 Å². The van der Waals surface area contributed by atoms with E-state index in [1.54, 1.807) is 0 Å². The van der Waals surface area contributed by atoms with E-state index in [0.717, 1.165) is 6.54 Å². The Morgan fingerprint density at radius 2 is 1.62 bits per heavy atom. The third-order valence-corrected chi connectivity index (χ3v) is 3.15. The summed E-state index contributed by atoms with van der Waals surface area (Å²) in [5.41, 5.74) is 5.76. The van der Waals surface area contributed by atoms with Gasteiger partial charge in [-0.25, -0.2) is 0 Å². The molecule has 0 amide bonds. The van der Waals surface area contributed by atoms with Gasteiger partial charge in [-0.1, -0.05) is 26.2 Å². The predicted molar refractivity (Wildman–Crippen MR) is 57.8 cm³/mol. The van der Waals surface area contributed by atoms with Gasteiger partial charge in [-0.15, -0.1) is 0 Å². The smallest absolute Gasteiger partial charge is 0.0215 e. The molecule has 1 atom stereocenters. The van der Waals surface area contributed by atoms with Crippen LogP contribution in [0, 0.1) is 0 Å². The lowest BCUT2D eigenvalue weighted by atomic mass is 10.1. The number of nitrogens with two attached hydrogens (primary N) is 1. The van der Waals surface area contributed by atoms with E-state index in [-0.39, 0.29) is 0 Å². The predicted octanol–water partition coefficient (Wildman–Crippen LogP) is 1.99. The number of rotatable bonds is 3. The maximum atomic E-state index is 5.76. The molecule has 1 aliphatic heterocycles. The first-order chi connectivity index (χ1) is 6.38. The Hall–Kier alpha value is -0.0800. The second-order valence-corrected chi connectivity index (χ2v) is 4.10. The van der Waals surface area contributed by atoms with E-state index < -0.39 is 0 Å². The van der Waals surface area contributed by atoms with Crippen molar-refractivity contribution in [3.8, 4) is 0 Å². The van der Waals surface area contributed by atoms with Crippen LogP contribution in [0.5, 0.6) is 0 Å². The van der Waals surface area contributed by atoms with Gasteiger partial charge in [0.1, 0.15) is 0 Å². The Balaban J connectivity index is 2.35. The van der Waals surface area contributed by atoms with Gasteiger partial charge in [-0.05, 0) is 32.4 Å². The summed E-state index contributed by atoms with van der Waals surface area (Å²) in [7, 11) is 0. The van der Waals surface area contributed by atoms with Crippen LogP contribution in [0.4, 0.5) is 0 Å². The van der Waals surface area contributed by atoms with Gasteiger partial charge in [-0.2, -0.15) is 0 Å². The standard InChI is InChI=1S/C11H24N2/c1-2-11(10-12)13-8-6-4-3-5-7-9-13/h11H,2-10,12H2,1H3. The molecule has 0 radical (unpaired) electrons. The lowest BCUT2D eigenvalue weighted by molar-refractivity contribution is 0.178. The molecule has 0 saturated carbocycles. The van der Waals surface area contributed by atoms with Gasteiger partial charge in [0.25, 0.3) is 0 Å². The molecule has 0 aromatic rings. The summed E-state index contributed by atoms with van der Waals surface area (Å²) in [5.74, 6) is 0. The average molecular weight is 184 g/mol. The Bertz CT molecular complexity index is 113. The fourth-order valence-corrected chi connectivity index (χ4v) is 2.21. The van der Waals surface area contributed by atoms with Gasteiger partial charge >= 0.3 is 0 Å². The fraction of sp³-hybridized carbons (Fsp3) is 1.00. The van der Waals surface area contributed by atoms with Crippen molar-refractivity contribution in [3.05, 3.63) is 0 Å². The van der Waals surface area contributed by atoms with Gasteiger partial charge in [0.05, 0.1) is 0 Å². The van der Waals surface area contributed by atoms with E-state index in [1.807, 2.05) is 0 Å². The molecule has 1 fully saturated rings. The summed E-state index contributed by atoms with van der Waals surface area (Å²) in [6.45, 7) is 5.62. The second kappa shape index (κ2) is 6.39. The first-order valence-electron chi connectivity index (χ1n) is 5.82. The molecule has 1 unspecified atom stereocenters. The van der Waals surface area contributed by atoms with Gasteiger partial charge in [-0.3, -0.25) is 4.90 Å². The molecular formula is C11H24N2. The summed E-state index contributed by atoms with van der Waals surface area (Å²) in [6, 6.07) is 0.637. The van der Waals surface area contributed by atoms with Gasteiger partial charge in [0.2, 0.25) is 0 Å². The highest BCUT2D eigenvalue weighted by atomic mass is 15.2. The first-order valence-corrected chi connectivity index (χ1v) is 5.82. The molecule has 2 N–H and O–H groups in total. The lowest BCUT2D eigenvalue weighted by Crippen LogP contribution is -2.41. The monoisotopic (exact) mass is 184 g/mol. The highest BCUT2D eigenvalue weighted by Gasteiger charge is 2.15. The Labute approximate surface area is 82.5 Å². The number of hydrogen-bond donors (Lipinski definition) is 1. The van der Waals surface area contributed by atoms with E-state index in [0.29, 0.717) is 6.04 Å². The van der Waals surface area contributed by atoms with E-state index in [4.69, 9.17) is 5.73 Å². The van der Waals surface area contributed by atoms with Gasteiger partial charge in [0.15, 0.2) is 0 Å². The summed E-state index contributed by atoms with van der Waals surface area (Å²) in [4.78, 5) is 2.60. The van der Waals surface area contributed by atoms with Crippen molar-refractivity contribution < 1.29 is 0 Å². The topological polar surface area (TPSA) is 29.3 Å². The molecule has 1 aliphatic rings. The molecule has 1 saturated heterocycles. The first kappa shape index (κ1) is 11.0. The summed E-state index contributed by atoms with van der Waals surface area (Å²) < 4.78 is 0. The molecule has 0 aliphatic carbocycles. The molecule has 2 heteroatoms. The molecular weight excluding hydrogens is 160 g/mol. The van der Waals surface area contributed by atoms with Gasteiger partial charge in [0, 0.05) is 12.6 Å². The quantitative estimate of drug-likeness (QED) is 0.727. The molecule has 0 bridgehead atoms. The molecule has 1 heterocycles. The minimum absolute atomic E-state index is 0.637. The Kier molecular flexibility index (Phi) is 5.40. The maximum absolute atomic E-state index is 5.76. The number of nitrogens with zero attached hydrogens (tertiary/aromatic N) is 1. The maximum Gasteiger partial charge on any atom is 0.0215 e. The molecule has 1 rings (SSSR count). The van der Waals surface area contributed by atoms with Crippen molar-refractivity contribution in [2.45, 2.75) is 51.5 Å². The summed E-state index contributed by atoms with van der Waals surface area (Å²) in [6.07, 6.45) is 8.21. The molecule has 0 aromatic carbocycles. The second-order valence-electron chi connectivity index (χ2n) is 4.10. The van der Waals surface area contributed by atoms with Crippen LogP contribution >= 0.6 is 0 Å². The Morgan fingerprint density at radius 3 is 2.08 bits per heavy atom. The molecule has 0 aromatic heterocycles. The minimum Gasteiger partial charge on any atom is -0.329 e. The zero-order valence-electron chi connectivity index (χ0n) is 8.97. The van der Waals surface area contributed by atoms with Crippen LogP contribution < -0.4 is 5.73 Å². The van der Waals surface area contributed by atoms with E-state index in [1.165, 1.54) is 51.6 Å². The van der Waals surface area contributed by atoms with Crippen LogP contribution in [0.2, 0.25) is 0 Å². The zero-order chi connectivity index (χ0) is 9.52. The number of likely N-dealkylation sites (tertiary alicyclic amines) is 1. The third kappa shape index (κ3) is 3.65. The van der Waals surface area contributed by atoms with Crippen molar-refractivity contribution in [1.82, 2.24) is 4.90 Å².